The largest absolute Gasteiger partial charge is 0.313 e. The molecule has 2 heterocycles. The van der Waals surface area contributed by atoms with Gasteiger partial charge in [-0.15, -0.1) is 0 Å². The lowest BCUT2D eigenvalue weighted by molar-refractivity contribution is -0.232. The number of benzene rings is 1. The summed E-state index contributed by atoms with van der Waals surface area (Å²) in [6, 6.07) is 7.54. The second-order valence-electron chi connectivity index (χ2n) is 8.84. The first-order valence-electron chi connectivity index (χ1n) is 10.3. The van der Waals surface area contributed by atoms with Crippen molar-refractivity contribution in [3.8, 4) is 0 Å². The highest BCUT2D eigenvalue weighted by Crippen LogP contribution is 2.39. The molecular weight excluding hydrogens is 354 g/mol. The molecule has 2 aliphatic rings. The first kappa shape index (κ1) is 20.8. The molecule has 0 aromatic heterocycles. The number of para-hydroxylation sites is 1. The van der Waals surface area contributed by atoms with Gasteiger partial charge in [-0.1, -0.05) is 31.0 Å². The summed E-state index contributed by atoms with van der Waals surface area (Å²) in [6.07, 6.45) is 6.03. The van der Waals surface area contributed by atoms with Crippen LogP contribution in [-0.4, -0.2) is 54.1 Å². The van der Waals surface area contributed by atoms with Crippen molar-refractivity contribution in [2.24, 2.45) is 0 Å². The third-order valence-electron chi connectivity index (χ3n) is 5.59. The van der Waals surface area contributed by atoms with Crippen LogP contribution >= 0.6 is 0 Å². The van der Waals surface area contributed by atoms with Gasteiger partial charge in [-0.05, 0) is 64.8 Å². The smallest absolute Gasteiger partial charge is 0.252 e. The van der Waals surface area contributed by atoms with Gasteiger partial charge in [0.1, 0.15) is 6.04 Å². The number of fused-ring (bicyclic) bond motifs is 1. The zero-order valence-electron chi connectivity index (χ0n) is 17.6. The van der Waals surface area contributed by atoms with E-state index >= 15 is 0 Å². The van der Waals surface area contributed by atoms with Crippen molar-refractivity contribution in [2.45, 2.75) is 70.6 Å². The molecule has 2 aliphatic heterocycles. The van der Waals surface area contributed by atoms with Gasteiger partial charge in [0.25, 0.3) is 5.91 Å². The number of rotatable bonds is 4. The van der Waals surface area contributed by atoms with E-state index < -0.39 is 11.6 Å². The molecule has 154 valence electrons. The molecule has 0 radical (unpaired) electrons. The number of likely N-dealkylation sites (tertiary alicyclic amines) is 1. The van der Waals surface area contributed by atoms with E-state index in [0.717, 1.165) is 24.3 Å². The van der Waals surface area contributed by atoms with Crippen molar-refractivity contribution in [2.75, 3.05) is 25.0 Å². The SMILES string of the molecule is CN1C(=O)C(N(C=O)OC(C)(C)C)CC(N2CCCCCC2)c2ccccc21. The Morgan fingerprint density at radius 1 is 1.11 bits per heavy atom. The van der Waals surface area contributed by atoms with Crippen LogP contribution in [0.1, 0.15) is 64.5 Å². The minimum Gasteiger partial charge on any atom is -0.313 e. The molecule has 1 fully saturated rings. The number of hydroxylamine groups is 2. The van der Waals surface area contributed by atoms with Crippen LogP contribution in [0.5, 0.6) is 0 Å². The zero-order chi connectivity index (χ0) is 20.3. The fourth-order valence-corrected chi connectivity index (χ4v) is 4.30. The van der Waals surface area contributed by atoms with Gasteiger partial charge >= 0.3 is 0 Å². The Morgan fingerprint density at radius 2 is 1.75 bits per heavy atom. The highest BCUT2D eigenvalue weighted by Gasteiger charge is 2.40. The molecule has 1 aromatic rings. The van der Waals surface area contributed by atoms with Crippen LogP contribution in [-0.2, 0) is 14.4 Å². The molecule has 6 heteroatoms. The number of hydrogen-bond donors (Lipinski definition) is 0. The molecule has 6 nitrogen and oxygen atoms in total. The molecule has 2 amide bonds. The Hall–Kier alpha value is -1.92. The maximum absolute atomic E-state index is 13.3. The Labute approximate surface area is 168 Å². The van der Waals surface area contributed by atoms with Gasteiger partial charge in [0.15, 0.2) is 0 Å². The van der Waals surface area contributed by atoms with Crippen LogP contribution in [0.2, 0.25) is 0 Å². The van der Waals surface area contributed by atoms with E-state index in [1.165, 1.54) is 30.7 Å². The molecule has 1 aromatic carbocycles. The standard InChI is InChI=1S/C22H33N3O3/c1-22(2,3)28-25(16-26)20-15-19(24-13-9-5-6-10-14-24)17-11-7-8-12-18(17)23(4)21(20)27/h7-8,11-12,16,19-20H,5-6,9-10,13-15H2,1-4H3. The van der Waals surface area contributed by atoms with E-state index in [0.29, 0.717) is 12.8 Å². The van der Waals surface area contributed by atoms with Gasteiger partial charge in [-0.2, -0.15) is 0 Å². The van der Waals surface area contributed by atoms with Gasteiger partial charge in [0.05, 0.1) is 5.60 Å². The van der Waals surface area contributed by atoms with Gasteiger partial charge in [0.2, 0.25) is 6.41 Å². The van der Waals surface area contributed by atoms with Crippen molar-refractivity contribution >= 4 is 18.0 Å². The summed E-state index contributed by atoms with van der Waals surface area (Å²) in [4.78, 5) is 35.2. The highest BCUT2D eigenvalue weighted by atomic mass is 16.7. The lowest BCUT2D eigenvalue weighted by Crippen LogP contribution is -2.49. The minimum absolute atomic E-state index is 0.0826. The average Bonchev–Trinajstić information content (AvgIpc) is 2.99. The van der Waals surface area contributed by atoms with E-state index in [-0.39, 0.29) is 11.9 Å². The second kappa shape index (κ2) is 8.62. The lowest BCUT2D eigenvalue weighted by Gasteiger charge is -2.36. The normalized spacial score (nSPS) is 24.3. The van der Waals surface area contributed by atoms with E-state index in [4.69, 9.17) is 4.84 Å². The first-order valence-corrected chi connectivity index (χ1v) is 10.3. The van der Waals surface area contributed by atoms with Crippen LogP contribution in [0.3, 0.4) is 0 Å². The molecule has 0 aliphatic carbocycles. The number of amides is 2. The summed E-state index contributed by atoms with van der Waals surface area (Å²) in [5.74, 6) is -0.110. The fraction of sp³-hybridized carbons (Fsp3) is 0.636. The highest BCUT2D eigenvalue weighted by molar-refractivity contribution is 5.99. The Bertz CT molecular complexity index is 693. The molecule has 2 unspecified atom stereocenters. The second-order valence-corrected chi connectivity index (χ2v) is 8.84. The van der Waals surface area contributed by atoms with E-state index in [1.54, 1.807) is 11.9 Å². The van der Waals surface area contributed by atoms with Gasteiger partial charge < -0.3 is 4.90 Å². The Balaban J connectivity index is 2.00. The lowest BCUT2D eigenvalue weighted by atomic mass is 9.97. The number of carbonyl (C=O) groups excluding carboxylic acids is 2. The number of nitrogens with zero attached hydrogens (tertiary/aromatic N) is 3. The summed E-state index contributed by atoms with van der Waals surface area (Å²) in [7, 11) is 1.79. The maximum atomic E-state index is 13.3. The number of anilines is 1. The molecular formula is C22H33N3O3. The van der Waals surface area contributed by atoms with Gasteiger partial charge in [-0.25, -0.2) is 5.06 Å². The third-order valence-corrected chi connectivity index (χ3v) is 5.59. The quantitative estimate of drug-likeness (QED) is 0.586. The van der Waals surface area contributed by atoms with Crippen LogP contribution in [0.15, 0.2) is 24.3 Å². The summed E-state index contributed by atoms with van der Waals surface area (Å²) in [6.45, 7) is 7.69. The van der Waals surface area contributed by atoms with Crippen molar-refractivity contribution in [1.82, 2.24) is 9.96 Å². The summed E-state index contributed by atoms with van der Waals surface area (Å²) >= 11 is 0. The maximum Gasteiger partial charge on any atom is 0.252 e. The van der Waals surface area contributed by atoms with Gasteiger partial charge in [-0.3, -0.25) is 19.3 Å². The van der Waals surface area contributed by atoms with Crippen LogP contribution in [0, 0.1) is 0 Å². The molecule has 3 rings (SSSR count). The molecule has 1 saturated heterocycles. The number of likely N-dealkylation sites (N-methyl/N-ethyl adjacent to an activating group) is 1. The monoisotopic (exact) mass is 387 g/mol. The third kappa shape index (κ3) is 4.55. The van der Waals surface area contributed by atoms with Crippen molar-refractivity contribution in [3.05, 3.63) is 29.8 Å². The predicted molar refractivity (Wildman–Crippen MR) is 110 cm³/mol. The first-order chi connectivity index (χ1) is 13.3. The molecule has 0 spiro atoms. The number of carbonyl (C=O) groups is 2. The number of hydrogen-bond acceptors (Lipinski definition) is 4. The predicted octanol–water partition coefficient (Wildman–Crippen LogP) is 3.53. The molecule has 28 heavy (non-hydrogen) atoms. The van der Waals surface area contributed by atoms with Crippen molar-refractivity contribution < 1.29 is 14.4 Å². The van der Waals surface area contributed by atoms with E-state index in [1.807, 2.05) is 39.0 Å². The summed E-state index contributed by atoms with van der Waals surface area (Å²) < 4.78 is 0. The summed E-state index contributed by atoms with van der Waals surface area (Å²) in [5.41, 5.74) is 1.52. The van der Waals surface area contributed by atoms with Crippen LogP contribution < -0.4 is 4.90 Å². The molecule has 2 atom stereocenters. The minimum atomic E-state index is -0.651. The van der Waals surface area contributed by atoms with Crippen molar-refractivity contribution in [3.63, 3.8) is 0 Å². The van der Waals surface area contributed by atoms with Crippen molar-refractivity contribution in [1.29, 1.82) is 0 Å². The van der Waals surface area contributed by atoms with Gasteiger partial charge in [0, 0.05) is 18.8 Å². The Morgan fingerprint density at radius 3 is 2.36 bits per heavy atom. The fourth-order valence-electron chi connectivity index (χ4n) is 4.30. The Kier molecular flexibility index (Phi) is 6.40. The average molecular weight is 388 g/mol. The molecule has 0 bridgehead atoms. The molecule has 0 N–H and O–H groups in total. The van der Waals surface area contributed by atoms with E-state index in [2.05, 4.69) is 11.0 Å². The summed E-state index contributed by atoms with van der Waals surface area (Å²) in [5, 5.41) is 1.23. The van der Waals surface area contributed by atoms with Crippen LogP contribution in [0.25, 0.3) is 0 Å². The topological polar surface area (TPSA) is 53.1 Å². The van der Waals surface area contributed by atoms with Crippen LogP contribution in [0.4, 0.5) is 5.69 Å². The van der Waals surface area contributed by atoms with E-state index in [9.17, 15) is 9.59 Å². The zero-order valence-corrected chi connectivity index (χ0v) is 17.6. The molecule has 0 saturated carbocycles.